The lowest BCUT2D eigenvalue weighted by Crippen LogP contribution is -2.46. The number of hydrogen-bond acceptors (Lipinski definition) is 2. The molecule has 3 nitrogen and oxygen atoms in total. The molecule has 0 aliphatic carbocycles. The van der Waals surface area contributed by atoms with Gasteiger partial charge in [0.15, 0.2) is 11.5 Å². The number of quaternary nitrogens is 1. The molecule has 0 amide bonds. The minimum absolute atomic E-state index is 0.207. The van der Waals surface area contributed by atoms with Crippen LogP contribution in [0.1, 0.15) is 26.3 Å². The lowest BCUT2D eigenvalue weighted by atomic mass is 10.1. The van der Waals surface area contributed by atoms with Crippen LogP contribution in [0.3, 0.4) is 0 Å². The molecule has 96 valence electrons. The Labute approximate surface area is 104 Å². The number of aromatic hydroxyl groups is 1. The highest BCUT2D eigenvalue weighted by molar-refractivity contribution is 5.41. The van der Waals surface area contributed by atoms with Crippen LogP contribution in [0.2, 0.25) is 0 Å². The predicted octanol–water partition coefficient (Wildman–Crippen LogP) is 2.78. The Bertz CT molecular complexity index is 351. The van der Waals surface area contributed by atoms with Crippen LogP contribution in [-0.4, -0.2) is 36.3 Å². The Kier molecular flexibility index (Phi) is 4.82. The molecule has 1 aromatic rings. The van der Waals surface area contributed by atoms with Gasteiger partial charge in [0.25, 0.3) is 0 Å². The first-order valence-corrected chi connectivity index (χ1v) is 6.31. The summed E-state index contributed by atoms with van der Waals surface area (Å²) in [6, 6.07) is 5.62. The Morgan fingerprint density at radius 2 is 1.71 bits per heavy atom. The summed E-state index contributed by atoms with van der Waals surface area (Å²) < 4.78 is 6.21. The van der Waals surface area contributed by atoms with Crippen molar-refractivity contribution in [3.8, 4) is 11.5 Å². The normalized spacial score (nSPS) is 11.5. The number of ether oxygens (including phenoxy) is 1. The van der Waals surface area contributed by atoms with Gasteiger partial charge in [0.1, 0.15) is 6.54 Å². The molecule has 0 radical (unpaired) electrons. The Morgan fingerprint density at radius 3 is 2.18 bits per heavy atom. The van der Waals surface area contributed by atoms with Gasteiger partial charge in [-0.1, -0.05) is 0 Å². The van der Waals surface area contributed by atoms with Gasteiger partial charge in [-0.25, -0.2) is 0 Å². The Balaban J connectivity index is 2.94. The summed E-state index contributed by atoms with van der Waals surface area (Å²) in [6.07, 6.45) is 0. The van der Waals surface area contributed by atoms with Crippen LogP contribution < -0.4 is 4.74 Å². The monoisotopic (exact) mass is 238 g/mol. The van der Waals surface area contributed by atoms with Crippen molar-refractivity contribution in [2.45, 2.75) is 27.3 Å². The van der Waals surface area contributed by atoms with E-state index in [0.717, 1.165) is 30.7 Å². The van der Waals surface area contributed by atoms with E-state index in [1.165, 1.54) is 5.56 Å². The lowest BCUT2D eigenvalue weighted by Gasteiger charge is -2.36. The molecule has 0 aromatic heterocycles. The second kappa shape index (κ2) is 5.92. The fraction of sp³-hybridized carbons (Fsp3) is 0.571. The molecule has 1 N–H and O–H groups in total. The molecule has 0 heterocycles. The standard InChI is InChI=1S/C14H23NO2/c1-5-15(6-2,7-3)11-12-8-9-13(16)14(10-12)17-4/h8-10H,5-7,11H2,1-4H3/p+1. The molecule has 0 spiro atoms. The molecule has 0 saturated carbocycles. The highest BCUT2D eigenvalue weighted by Gasteiger charge is 2.21. The third-order valence-corrected chi connectivity index (χ3v) is 3.77. The minimum atomic E-state index is 0.207. The highest BCUT2D eigenvalue weighted by atomic mass is 16.5. The summed E-state index contributed by atoms with van der Waals surface area (Å²) >= 11 is 0. The zero-order valence-electron chi connectivity index (χ0n) is 11.4. The zero-order chi connectivity index (χ0) is 12.9. The van der Waals surface area contributed by atoms with Crippen LogP contribution in [0, 0.1) is 0 Å². The number of hydrogen-bond donors (Lipinski definition) is 1. The van der Waals surface area contributed by atoms with E-state index in [4.69, 9.17) is 4.74 Å². The molecule has 17 heavy (non-hydrogen) atoms. The molecule has 1 aromatic carbocycles. The highest BCUT2D eigenvalue weighted by Crippen LogP contribution is 2.27. The summed E-state index contributed by atoms with van der Waals surface area (Å²) in [6.45, 7) is 11.0. The van der Waals surface area contributed by atoms with Gasteiger partial charge in [-0.05, 0) is 39.0 Å². The summed E-state index contributed by atoms with van der Waals surface area (Å²) in [7, 11) is 1.58. The number of benzene rings is 1. The SMILES string of the molecule is CC[N+](CC)(CC)Cc1ccc(O)c(OC)c1. The van der Waals surface area contributed by atoms with Gasteiger partial charge in [-0.3, -0.25) is 0 Å². The number of nitrogens with zero attached hydrogens (tertiary/aromatic N) is 1. The van der Waals surface area contributed by atoms with E-state index in [9.17, 15) is 5.11 Å². The van der Waals surface area contributed by atoms with Crippen molar-refractivity contribution in [2.75, 3.05) is 26.7 Å². The van der Waals surface area contributed by atoms with Crippen LogP contribution in [0.25, 0.3) is 0 Å². The van der Waals surface area contributed by atoms with Crippen molar-refractivity contribution >= 4 is 0 Å². The first kappa shape index (κ1) is 13.8. The maximum Gasteiger partial charge on any atom is 0.160 e. The van der Waals surface area contributed by atoms with Crippen molar-refractivity contribution in [1.82, 2.24) is 0 Å². The largest absolute Gasteiger partial charge is 0.504 e. The van der Waals surface area contributed by atoms with Gasteiger partial charge in [-0.15, -0.1) is 0 Å². The van der Waals surface area contributed by atoms with Gasteiger partial charge >= 0.3 is 0 Å². The number of phenols is 1. The summed E-state index contributed by atoms with van der Waals surface area (Å²) in [4.78, 5) is 0. The smallest absolute Gasteiger partial charge is 0.160 e. The van der Waals surface area contributed by atoms with Gasteiger partial charge in [-0.2, -0.15) is 0 Å². The average Bonchev–Trinajstić information content (AvgIpc) is 2.38. The third-order valence-electron chi connectivity index (χ3n) is 3.77. The average molecular weight is 238 g/mol. The fourth-order valence-electron chi connectivity index (χ4n) is 2.21. The van der Waals surface area contributed by atoms with E-state index in [1.54, 1.807) is 13.2 Å². The van der Waals surface area contributed by atoms with Crippen molar-refractivity contribution in [2.24, 2.45) is 0 Å². The minimum Gasteiger partial charge on any atom is -0.504 e. The molecular weight excluding hydrogens is 214 g/mol. The maximum atomic E-state index is 9.57. The second-order valence-corrected chi connectivity index (χ2v) is 4.45. The van der Waals surface area contributed by atoms with Gasteiger partial charge < -0.3 is 14.3 Å². The maximum absolute atomic E-state index is 9.57. The van der Waals surface area contributed by atoms with Crippen molar-refractivity contribution in [3.05, 3.63) is 23.8 Å². The van der Waals surface area contributed by atoms with Gasteiger partial charge in [0.2, 0.25) is 0 Å². The van der Waals surface area contributed by atoms with Crippen LogP contribution in [0.15, 0.2) is 18.2 Å². The van der Waals surface area contributed by atoms with Crippen LogP contribution >= 0.6 is 0 Å². The second-order valence-electron chi connectivity index (χ2n) is 4.45. The Morgan fingerprint density at radius 1 is 1.12 bits per heavy atom. The predicted molar refractivity (Wildman–Crippen MR) is 70.2 cm³/mol. The van der Waals surface area contributed by atoms with E-state index in [-0.39, 0.29) is 5.75 Å². The van der Waals surface area contributed by atoms with Crippen molar-refractivity contribution in [3.63, 3.8) is 0 Å². The molecule has 0 atom stereocenters. The van der Waals surface area contributed by atoms with E-state index in [0.29, 0.717) is 5.75 Å². The van der Waals surface area contributed by atoms with Gasteiger partial charge in [0.05, 0.1) is 26.7 Å². The molecule has 3 heteroatoms. The molecular formula is C14H24NO2+. The first-order valence-electron chi connectivity index (χ1n) is 6.31. The van der Waals surface area contributed by atoms with E-state index >= 15 is 0 Å². The number of rotatable bonds is 6. The molecule has 0 saturated heterocycles. The Hall–Kier alpha value is -1.22. The van der Waals surface area contributed by atoms with Gasteiger partial charge in [0, 0.05) is 5.56 Å². The molecule has 0 aliphatic heterocycles. The molecule has 0 fully saturated rings. The number of methoxy groups -OCH3 is 1. The fourth-order valence-corrected chi connectivity index (χ4v) is 2.21. The van der Waals surface area contributed by atoms with Crippen LogP contribution in [0.5, 0.6) is 11.5 Å². The van der Waals surface area contributed by atoms with Crippen molar-refractivity contribution in [1.29, 1.82) is 0 Å². The zero-order valence-corrected chi connectivity index (χ0v) is 11.4. The summed E-state index contributed by atoms with van der Waals surface area (Å²) in [5.74, 6) is 0.766. The quantitative estimate of drug-likeness (QED) is 0.772. The van der Waals surface area contributed by atoms with E-state index in [1.807, 2.05) is 12.1 Å². The third kappa shape index (κ3) is 3.13. The molecule has 0 unspecified atom stereocenters. The van der Waals surface area contributed by atoms with E-state index in [2.05, 4.69) is 20.8 Å². The van der Waals surface area contributed by atoms with E-state index < -0.39 is 0 Å². The van der Waals surface area contributed by atoms with Crippen molar-refractivity contribution < 1.29 is 14.3 Å². The molecule has 0 bridgehead atoms. The molecule has 0 aliphatic rings. The lowest BCUT2D eigenvalue weighted by molar-refractivity contribution is -0.936. The summed E-state index contributed by atoms with van der Waals surface area (Å²) in [5.41, 5.74) is 1.21. The van der Waals surface area contributed by atoms with Crippen LogP contribution in [-0.2, 0) is 6.54 Å². The topological polar surface area (TPSA) is 29.5 Å². The number of phenolic OH excluding ortho intramolecular Hbond substituents is 1. The van der Waals surface area contributed by atoms with Crippen LogP contribution in [0.4, 0.5) is 0 Å². The summed E-state index contributed by atoms with van der Waals surface area (Å²) in [5, 5.41) is 9.57. The first-order chi connectivity index (χ1) is 8.10. The molecule has 1 rings (SSSR count).